The summed E-state index contributed by atoms with van der Waals surface area (Å²) in [5.41, 5.74) is 4.86. The maximum atomic E-state index is 13.2. The first-order valence-electron chi connectivity index (χ1n) is 7.24. The summed E-state index contributed by atoms with van der Waals surface area (Å²) in [6.45, 7) is 5.82. The maximum Gasteiger partial charge on any atom is 0.123 e. The SMILES string of the molecule is C=C(C#N)c1c(-c2ccc(F)cc2)cn(-c2ccccc2)c1C. The molecule has 0 radical (unpaired) electrons. The highest BCUT2D eigenvalue weighted by Gasteiger charge is 2.17. The van der Waals surface area contributed by atoms with E-state index in [9.17, 15) is 9.65 Å². The fraction of sp³-hybridized carbons (Fsp3) is 0.0500. The van der Waals surface area contributed by atoms with Crippen molar-refractivity contribution in [1.29, 1.82) is 5.26 Å². The summed E-state index contributed by atoms with van der Waals surface area (Å²) < 4.78 is 15.2. The van der Waals surface area contributed by atoms with Crippen LogP contribution in [0, 0.1) is 24.1 Å². The van der Waals surface area contributed by atoms with E-state index >= 15 is 0 Å². The van der Waals surface area contributed by atoms with Crippen molar-refractivity contribution in [2.24, 2.45) is 0 Å². The van der Waals surface area contributed by atoms with Crippen LogP contribution in [0.1, 0.15) is 11.3 Å². The number of benzene rings is 2. The van der Waals surface area contributed by atoms with E-state index in [-0.39, 0.29) is 5.82 Å². The van der Waals surface area contributed by atoms with Crippen LogP contribution in [0.2, 0.25) is 0 Å². The molecule has 3 heteroatoms. The van der Waals surface area contributed by atoms with Gasteiger partial charge in [0, 0.05) is 28.7 Å². The lowest BCUT2D eigenvalue weighted by molar-refractivity contribution is 0.628. The Balaban J connectivity index is 2.25. The number of hydrogen-bond acceptors (Lipinski definition) is 1. The van der Waals surface area contributed by atoms with Crippen molar-refractivity contribution < 1.29 is 4.39 Å². The summed E-state index contributed by atoms with van der Waals surface area (Å²) in [4.78, 5) is 0. The largest absolute Gasteiger partial charge is 0.320 e. The van der Waals surface area contributed by atoms with E-state index in [1.165, 1.54) is 12.1 Å². The zero-order chi connectivity index (χ0) is 16.4. The smallest absolute Gasteiger partial charge is 0.123 e. The summed E-state index contributed by atoms with van der Waals surface area (Å²) in [6, 6.07) is 18.3. The van der Waals surface area contributed by atoms with Crippen LogP contribution in [0.15, 0.2) is 67.4 Å². The number of nitrogens with zero attached hydrogens (tertiary/aromatic N) is 2. The van der Waals surface area contributed by atoms with Crippen LogP contribution in [0.3, 0.4) is 0 Å². The van der Waals surface area contributed by atoms with Gasteiger partial charge in [-0.25, -0.2) is 4.39 Å². The number of rotatable bonds is 3. The summed E-state index contributed by atoms with van der Waals surface area (Å²) >= 11 is 0. The second kappa shape index (κ2) is 5.94. The zero-order valence-electron chi connectivity index (χ0n) is 12.8. The van der Waals surface area contributed by atoms with Gasteiger partial charge >= 0.3 is 0 Å². The molecular formula is C20H15FN2. The predicted molar refractivity (Wildman–Crippen MR) is 90.5 cm³/mol. The minimum absolute atomic E-state index is 0.284. The number of halogens is 1. The first-order valence-corrected chi connectivity index (χ1v) is 7.24. The molecule has 2 aromatic carbocycles. The molecule has 0 saturated carbocycles. The lowest BCUT2D eigenvalue weighted by Crippen LogP contribution is -1.95. The normalized spacial score (nSPS) is 10.3. The molecule has 23 heavy (non-hydrogen) atoms. The molecule has 112 valence electrons. The Hall–Kier alpha value is -3.12. The molecule has 3 aromatic rings. The van der Waals surface area contributed by atoms with Crippen molar-refractivity contribution >= 4 is 5.57 Å². The molecule has 2 nitrogen and oxygen atoms in total. The van der Waals surface area contributed by atoms with Gasteiger partial charge in [-0.1, -0.05) is 36.9 Å². The summed E-state index contributed by atoms with van der Waals surface area (Å²) in [6.07, 6.45) is 1.97. The fourth-order valence-electron chi connectivity index (χ4n) is 2.75. The van der Waals surface area contributed by atoms with Gasteiger partial charge in [0.2, 0.25) is 0 Å². The van der Waals surface area contributed by atoms with E-state index in [1.54, 1.807) is 12.1 Å². The zero-order valence-corrected chi connectivity index (χ0v) is 12.8. The van der Waals surface area contributed by atoms with Crippen LogP contribution in [0.5, 0.6) is 0 Å². The van der Waals surface area contributed by atoms with Crippen molar-refractivity contribution in [3.8, 4) is 22.9 Å². The van der Waals surface area contributed by atoms with Gasteiger partial charge in [0.15, 0.2) is 0 Å². The maximum absolute atomic E-state index is 13.2. The van der Waals surface area contributed by atoms with Crippen molar-refractivity contribution in [3.63, 3.8) is 0 Å². The molecule has 0 N–H and O–H groups in total. The van der Waals surface area contributed by atoms with Crippen molar-refractivity contribution in [1.82, 2.24) is 4.57 Å². The molecule has 0 spiro atoms. The number of allylic oxidation sites excluding steroid dienone is 1. The third kappa shape index (κ3) is 2.67. The summed E-state index contributed by atoms with van der Waals surface area (Å²) in [7, 11) is 0. The molecular weight excluding hydrogens is 287 g/mol. The standard InChI is InChI=1S/C20H15FN2/c1-14(12-22)20-15(2)23(18-6-4-3-5-7-18)13-19(20)16-8-10-17(21)11-9-16/h3-11,13H,1H2,2H3. The lowest BCUT2D eigenvalue weighted by Gasteiger charge is -2.06. The van der Waals surface area contributed by atoms with Gasteiger partial charge in [-0.3, -0.25) is 0 Å². The third-order valence-electron chi connectivity index (χ3n) is 3.88. The van der Waals surface area contributed by atoms with E-state index in [0.717, 1.165) is 28.1 Å². The van der Waals surface area contributed by atoms with Gasteiger partial charge in [0.25, 0.3) is 0 Å². The molecule has 0 bridgehead atoms. The minimum atomic E-state index is -0.284. The predicted octanol–water partition coefficient (Wildman–Crippen LogP) is 5.13. The van der Waals surface area contributed by atoms with E-state index in [0.29, 0.717) is 5.57 Å². The lowest BCUT2D eigenvalue weighted by atomic mass is 9.98. The van der Waals surface area contributed by atoms with E-state index in [4.69, 9.17) is 0 Å². The highest BCUT2D eigenvalue weighted by atomic mass is 19.1. The van der Waals surface area contributed by atoms with Gasteiger partial charge in [0.05, 0.1) is 11.6 Å². The van der Waals surface area contributed by atoms with Gasteiger partial charge in [-0.15, -0.1) is 0 Å². The van der Waals surface area contributed by atoms with Gasteiger partial charge in [0.1, 0.15) is 5.82 Å². The van der Waals surface area contributed by atoms with Crippen molar-refractivity contribution in [2.45, 2.75) is 6.92 Å². The number of hydrogen-bond donors (Lipinski definition) is 0. The molecule has 0 amide bonds. The minimum Gasteiger partial charge on any atom is -0.320 e. The third-order valence-corrected chi connectivity index (χ3v) is 3.88. The summed E-state index contributed by atoms with van der Waals surface area (Å²) in [5, 5.41) is 9.29. The van der Waals surface area contributed by atoms with Gasteiger partial charge < -0.3 is 4.57 Å². The quantitative estimate of drug-likeness (QED) is 0.617. The number of nitriles is 1. The van der Waals surface area contributed by atoms with Crippen LogP contribution < -0.4 is 0 Å². The monoisotopic (exact) mass is 302 g/mol. The average Bonchev–Trinajstić information content (AvgIpc) is 2.93. The van der Waals surface area contributed by atoms with Crippen LogP contribution >= 0.6 is 0 Å². The Morgan fingerprint density at radius 2 is 1.74 bits per heavy atom. The van der Waals surface area contributed by atoms with E-state index in [1.807, 2.05) is 48.0 Å². The second-order valence-corrected chi connectivity index (χ2v) is 5.31. The Kier molecular flexibility index (Phi) is 3.82. The second-order valence-electron chi connectivity index (χ2n) is 5.31. The van der Waals surface area contributed by atoms with Crippen molar-refractivity contribution in [3.05, 3.63) is 84.4 Å². The molecule has 0 aliphatic rings. The Bertz CT molecular complexity index is 897. The molecule has 3 rings (SSSR count). The van der Waals surface area contributed by atoms with Gasteiger partial charge in [-0.2, -0.15) is 5.26 Å². The van der Waals surface area contributed by atoms with Crippen molar-refractivity contribution in [2.75, 3.05) is 0 Å². The topological polar surface area (TPSA) is 28.7 Å². The average molecular weight is 302 g/mol. The van der Waals surface area contributed by atoms with Gasteiger partial charge in [-0.05, 0) is 36.8 Å². The molecule has 0 aliphatic heterocycles. The van der Waals surface area contributed by atoms with E-state index in [2.05, 4.69) is 12.6 Å². The van der Waals surface area contributed by atoms with Crippen LogP contribution in [0.4, 0.5) is 4.39 Å². The number of aromatic nitrogens is 1. The van der Waals surface area contributed by atoms with E-state index < -0.39 is 0 Å². The first-order chi connectivity index (χ1) is 11.1. The molecule has 1 aromatic heterocycles. The molecule has 0 fully saturated rings. The highest BCUT2D eigenvalue weighted by Crippen LogP contribution is 2.34. The highest BCUT2D eigenvalue weighted by molar-refractivity contribution is 5.88. The molecule has 1 heterocycles. The fourth-order valence-corrected chi connectivity index (χ4v) is 2.75. The molecule has 0 atom stereocenters. The Morgan fingerprint density at radius 1 is 1.09 bits per heavy atom. The number of para-hydroxylation sites is 1. The Morgan fingerprint density at radius 3 is 2.35 bits per heavy atom. The van der Waals surface area contributed by atoms with Crippen LogP contribution in [0.25, 0.3) is 22.4 Å². The molecule has 0 aliphatic carbocycles. The summed E-state index contributed by atoms with van der Waals surface area (Å²) in [5.74, 6) is -0.284. The molecule has 0 unspecified atom stereocenters. The molecule has 0 saturated heterocycles. The Labute approximate surface area is 134 Å². The van der Waals surface area contributed by atoms with Crippen LogP contribution in [-0.4, -0.2) is 4.57 Å². The van der Waals surface area contributed by atoms with Crippen LogP contribution in [-0.2, 0) is 0 Å². The first kappa shape index (κ1) is 14.8.